The first kappa shape index (κ1) is 5.15. The highest BCUT2D eigenvalue weighted by molar-refractivity contribution is 8.07. The molecule has 0 spiro atoms. The smallest absolute Gasteiger partial charge is 0.219 e. The molecular formula is C3H6BS. The van der Waals surface area contributed by atoms with Gasteiger partial charge in [-0.25, -0.2) is 12.5 Å². The van der Waals surface area contributed by atoms with Gasteiger partial charge in [-0.15, -0.1) is 12.1 Å². The van der Waals surface area contributed by atoms with Crippen molar-refractivity contribution in [2.45, 2.75) is 6.92 Å². The maximum absolute atomic E-state index is 3.79. The van der Waals surface area contributed by atoms with Gasteiger partial charge in [0.15, 0.2) is 0 Å². The van der Waals surface area contributed by atoms with E-state index in [0.29, 0.717) is 0 Å². The molecule has 2 heteroatoms. The van der Waals surface area contributed by atoms with Crippen LogP contribution in [0.4, 0.5) is 0 Å². The number of hydrogen-bond donors (Lipinski definition) is 1. The van der Waals surface area contributed by atoms with Crippen LogP contribution in [-0.2, 0) is 0 Å². The predicted octanol–water partition coefficient (Wildman–Crippen LogP) is 1.07. The molecule has 0 amide bonds. The second-order valence-corrected chi connectivity index (χ2v) is 1.23. The van der Waals surface area contributed by atoms with Gasteiger partial charge in [0.2, 0.25) is 6.56 Å². The van der Waals surface area contributed by atoms with Crippen molar-refractivity contribution in [3.8, 4) is 0 Å². The molecule has 0 aromatic carbocycles. The summed E-state index contributed by atoms with van der Waals surface area (Å²) in [6, 6.07) is 0. The first-order valence-electron chi connectivity index (χ1n) is 1.40. The summed E-state index contributed by atoms with van der Waals surface area (Å²) in [7, 11) is 0. The van der Waals surface area contributed by atoms with E-state index in [1.807, 2.05) is 6.92 Å². The van der Waals surface area contributed by atoms with Crippen molar-refractivity contribution < 1.29 is 0 Å². The average Bonchev–Trinajstić information content (AvgIpc) is 1.38. The molecule has 1 radical (unpaired) electrons. The van der Waals surface area contributed by atoms with Crippen LogP contribution in [0, 0.1) is 0 Å². The minimum absolute atomic E-state index is 0.994. The molecule has 0 heterocycles. The zero-order chi connectivity index (χ0) is 4.28. The fourth-order valence-electron chi connectivity index (χ4n) is 0. The Bertz CT molecular complexity index is 42.2. The van der Waals surface area contributed by atoms with Crippen molar-refractivity contribution in [1.29, 1.82) is 0 Å². The second-order valence-electron chi connectivity index (χ2n) is 0.975. The molecule has 0 fully saturated rings. The van der Waals surface area contributed by atoms with Gasteiger partial charge in [-0.1, -0.05) is 6.92 Å². The third-order valence-corrected chi connectivity index (χ3v) is 0.661. The van der Waals surface area contributed by atoms with Crippen molar-refractivity contribution in [2.24, 2.45) is 0 Å². The Hall–Kier alpha value is 0.155. The number of allylic oxidation sites excluding steroid dienone is 1. The van der Waals surface area contributed by atoms with Crippen LogP contribution in [0.25, 0.3) is 0 Å². The van der Waals surface area contributed by atoms with E-state index in [0.717, 1.165) is 5.47 Å². The van der Waals surface area contributed by atoms with Gasteiger partial charge in [-0.05, 0) is 0 Å². The molecule has 0 nitrogen and oxygen atoms in total. The lowest BCUT2D eigenvalue weighted by atomic mass is 9.99. The SMILES string of the molecule is C=C(C)[B]S. The molecule has 0 aromatic rings. The van der Waals surface area contributed by atoms with Crippen molar-refractivity contribution >= 4 is 19.0 Å². The lowest BCUT2D eigenvalue weighted by Crippen LogP contribution is -1.73. The zero-order valence-electron chi connectivity index (χ0n) is 3.23. The fourth-order valence-corrected chi connectivity index (χ4v) is 0. The van der Waals surface area contributed by atoms with Crippen LogP contribution in [-0.4, -0.2) is 6.56 Å². The monoisotopic (exact) mass is 85.0 g/mol. The quantitative estimate of drug-likeness (QED) is 0.357. The molecule has 27 valence electrons. The van der Waals surface area contributed by atoms with Gasteiger partial charge in [0.25, 0.3) is 0 Å². The second kappa shape index (κ2) is 2.40. The van der Waals surface area contributed by atoms with Crippen LogP contribution in [0.15, 0.2) is 12.1 Å². The zero-order valence-corrected chi connectivity index (χ0v) is 4.13. The summed E-state index contributed by atoms with van der Waals surface area (Å²) in [4.78, 5) is 0. The van der Waals surface area contributed by atoms with Crippen molar-refractivity contribution in [3.05, 3.63) is 12.1 Å². The van der Waals surface area contributed by atoms with Gasteiger partial charge in [0.05, 0.1) is 0 Å². The molecular weight excluding hydrogens is 78.9 g/mol. The number of thiol groups is 1. The van der Waals surface area contributed by atoms with Crippen LogP contribution in [0.2, 0.25) is 0 Å². The maximum Gasteiger partial charge on any atom is 0.219 e. The standard InChI is InChI=1S/C3H6BS/c1-3(2)4-5/h5H,1H2,2H3. The molecule has 0 aliphatic carbocycles. The Kier molecular flexibility index (Phi) is 2.47. The lowest BCUT2D eigenvalue weighted by Gasteiger charge is -1.75. The highest BCUT2D eigenvalue weighted by Gasteiger charge is 1.73. The van der Waals surface area contributed by atoms with E-state index >= 15 is 0 Å². The van der Waals surface area contributed by atoms with E-state index in [9.17, 15) is 0 Å². The van der Waals surface area contributed by atoms with Crippen LogP contribution < -0.4 is 0 Å². The molecule has 0 aliphatic heterocycles. The van der Waals surface area contributed by atoms with E-state index in [1.54, 1.807) is 6.56 Å². The lowest BCUT2D eigenvalue weighted by molar-refractivity contribution is 1.71. The number of rotatable bonds is 1. The molecule has 0 saturated heterocycles. The Morgan fingerprint density at radius 1 is 2.00 bits per heavy atom. The minimum Gasteiger partial charge on any atom is -0.229 e. The normalized spacial score (nSPS) is 6.80. The molecule has 0 rings (SSSR count). The van der Waals surface area contributed by atoms with E-state index in [2.05, 4.69) is 19.1 Å². The molecule has 0 saturated carbocycles. The van der Waals surface area contributed by atoms with Gasteiger partial charge >= 0.3 is 0 Å². The molecule has 0 unspecified atom stereocenters. The van der Waals surface area contributed by atoms with Gasteiger partial charge in [-0.3, -0.25) is 0 Å². The molecule has 0 aliphatic rings. The van der Waals surface area contributed by atoms with Gasteiger partial charge in [0.1, 0.15) is 0 Å². The summed E-state index contributed by atoms with van der Waals surface area (Å²) in [5, 5.41) is 0. The Morgan fingerprint density at radius 2 is 2.20 bits per heavy atom. The Balaban J connectivity index is 2.85. The first-order chi connectivity index (χ1) is 2.27. The molecule has 0 aromatic heterocycles. The topological polar surface area (TPSA) is 0 Å². The fraction of sp³-hybridized carbons (Fsp3) is 0.333. The van der Waals surface area contributed by atoms with E-state index in [4.69, 9.17) is 0 Å². The third-order valence-electron chi connectivity index (χ3n) is 0.220. The van der Waals surface area contributed by atoms with Crippen molar-refractivity contribution in [2.75, 3.05) is 0 Å². The number of hydrogen-bond acceptors (Lipinski definition) is 1. The summed E-state index contributed by atoms with van der Waals surface area (Å²) < 4.78 is 0. The third kappa shape index (κ3) is 4.15. The van der Waals surface area contributed by atoms with E-state index in [1.165, 1.54) is 0 Å². The summed E-state index contributed by atoms with van der Waals surface area (Å²) in [6.07, 6.45) is 0. The van der Waals surface area contributed by atoms with Gasteiger partial charge in [-0.2, -0.15) is 0 Å². The van der Waals surface area contributed by atoms with Crippen LogP contribution in [0.1, 0.15) is 6.92 Å². The molecule has 0 atom stereocenters. The highest BCUT2D eigenvalue weighted by Crippen LogP contribution is 1.81. The maximum atomic E-state index is 3.79. The minimum atomic E-state index is 0.994. The van der Waals surface area contributed by atoms with Gasteiger partial charge < -0.3 is 0 Å². The largest absolute Gasteiger partial charge is 0.229 e. The van der Waals surface area contributed by atoms with Crippen molar-refractivity contribution in [3.63, 3.8) is 0 Å². The van der Waals surface area contributed by atoms with E-state index in [-0.39, 0.29) is 0 Å². The summed E-state index contributed by atoms with van der Waals surface area (Å²) >= 11 is 3.79. The highest BCUT2D eigenvalue weighted by atomic mass is 32.1. The molecule has 0 N–H and O–H groups in total. The Morgan fingerprint density at radius 3 is 2.20 bits per heavy atom. The van der Waals surface area contributed by atoms with E-state index < -0.39 is 0 Å². The van der Waals surface area contributed by atoms with Crippen LogP contribution in [0.3, 0.4) is 0 Å². The first-order valence-corrected chi connectivity index (χ1v) is 1.92. The van der Waals surface area contributed by atoms with Crippen LogP contribution >= 0.6 is 12.5 Å². The summed E-state index contributed by atoms with van der Waals surface area (Å²) in [6.45, 7) is 7.10. The molecule has 0 bridgehead atoms. The Labute approximate surface area is 38.8 Å². The van der Waals surface area contributed by atoms with Crippen molar-refractivity contribution in [1.82, 2.24) is 0 Å². The van der Waals surface area contributed by atoms with Gasteiger partial charge in [0, 0.05) is 0 Å². The van der Waals surface area contributed by atoms with Crippen LogP contribution in [0.5, 0.6) is 0 Å². The average molecular weight is 85.0 g/mol. The summed E-state index contributed by atoms with van der Waals surface area (Å²) in [5.41, 5.74) is 0.994. The molecule has 5 heavy (non-hydrogen) atoms. The summed E-state index contributed by atoms with van der Waals surface area (Å²) in [5.74, 6) is 0. The predicted molar refractivity (Wildman–Crippen MR) is 29.6 cm³/mol.